The van der Waals surface area contributed by atoms with Crippen molar-refractivity contribution in [2.45, 2.75) is 31.8 Å². The Bertz CT molecular complexity index is 340. The molecule has 0 bridgehead atoms. The van der Waals surface area contributed by atoms with Gasteiger partial charge in [0, 0.05) is 31.9 Å². The second kappa shape index (κ2) is 4.55. The molecule has 1 fully saturated rings. The first kappa shape index (κ1) is 11.6. The molecule has 0 unspecified atom stereocenters. The first-order chi connectivity index (χ1) is 7.64. The first-order valence-electron chi connectivity index (χ1n) is 6.08. The van der Waals surface area contributed by atoms with Crippen LogP contribution in [-0.2, 0) is 12.6 Å². The zero-order valence-corrected chi connectivity index (χ0v) is 10.2. The summed E-state index contributed by atoms with van der Waals surface area (Å²) >= 11 is 0. The van der Waals surface area contributed by atoms with E-state index in [4.69, 9.17) is 0 Å². The van der Waals surface area contributed by atoms with Gasteiger partial charge in [0.05, 0.1) is 11.8 Å². The number of rotatable bonds is 3. The molecule has 1 aromatic heterocycles. The lowest BCUT2D eigenvalue weighted by Crippen LogP contribution is -2.42. The summed E-state index contributed by atoms with van der Waals surface area (Å²) in [4.78, 5) is 2.42. The summed E-state index contributed by atoms with van der Waals surface area (Å²) in [6.45, 7) is 5.31. The van der Waals surface area contributed by atoms with E-state index in [1.54, 1.807) is 10.9 Å². The lowest BCUT2D eigenvalue weighted by molar-refractivity contribution is -0.0258. The molecular weight excluding hydrogens is 202 g/mol. The lowest BCUT2D eigenvalue weighted by Gasteiger charge is -2.37. The Hall–Kier alpha value is -0.870. The summed E-state index contributed by atoms with van der Waals surface area (Å²) in [5, 5.41) is 14.7. The molecule has 1 aromatic rings. The molecular formula is C12H21N3O. The van der Waals surface area contributed by atoms with Gasteiger partial charge >= 0.3 is 0 Å². The second-order valence-electron chi connectivity index (χ2n) is 4.78. The molecule has 4 heteroatoms. The summed E-state index contributed by atoms with van der Waals surface area (Å²) < 4.78 is 1.76. The van der Waals surface area contributed by atoms with E-state index in [2.05, 4.69) is 16.9 Å². The van der Waals surface area contributed by atoms with Crippen LogP contribution in [0.5, 0.6) is 0 Å². The predicted molar refractivity (Wildman–Crippen MR) is 63.1 cm³/mol. The van der Waals surface area contributed by atoms with Crippen molar-refractivity contribution in [3.63, 3.8) is 0 Å². The summed E-state index contributed by atoms with van der Waals surface area (Å²) in [6.07, 6.45) is 6.54. The zero-order chi connectivity index (χ0) is 11.6. The average Bonchev–Trinajstić information content (AvgIpc) is 2.70. The minimum absolute atomic E-state index is 0.654. The van der Waals surface area contributed by atoms with Crippen molar-refractivity contribution >= 4 is 0 Å². The molecule has 0 atom stereocenters. The minimum atomic E-state index is -0.654. The Balaban J connectivity index is 2.01. The smallest absolute Gasteiger partial charge is 0.0951 e. The van der Waals surface area contributed by atoms with E-state index in [9.17, 15) is 5.11 Å². The summed E-state index contributed by atoms with van der Waals surface area (Å²) in [5.74, 6) is 0. The lowest BCUT2D eigenvalue weighted by atomic mass is 9.86. The summed E-state index contributed by atoms with van der Waals surface area (Å²) in [5.41, 5.74) is 0.310. The monoisotopic (exact) mass is 223 g/mol. The highest BCUT2D eigenvalue weighted by Gasteiger charge is 2.34. The third kappa shape index (κ3) is 2.28. The van der Waals surface area contributed by atoms with Crippen LogP contribution in [0.15, 0.2) is 12.4 Å². The number of aromatic nitrogens is 2. The number of likely N-dealkylation sites (tertiary alicyclic amines) is 1. The molecule has 1 aliphatic rings. The van der Waals surface area contributed by atoms with E-state index in [0.717, 1.165) is 38.0 Å². The highest BCUT2D eigenvalue weighted by molar-refractivity contribution is 5.16. The Morgan fingerprint density at radius 1 is 1.44 bits per heavy atom. The molecule has 1 N–H and O–H groups in total. The molecule has 0 spiro atoms. The van der Waals surface area contributed by atoms with Crippen LogP contribution in [0.1, 0.15) is 31.7 Å². The number of hydrogen-bond donors (Lipinski definition) is 1. The standard InChI is InChI=1S/C12H21N3O/c1-3-6-15-7-4-12(16,5-8-15)11-9-13-14(2)10-11/h9-10,16H,3-8H2,1-2H3. The van der Waals surface area contributed by atoms with Crippen LogP contribution >= 0.6 is 0 Å². The van der Waals surface area contributed by atoms with Gasteiger partial charge in [-0.3, -0.25) is 4.68 Å². The third-order valence-electron chi connectivity index (χ3n) is 3.47. The maximum atomic E-state index is 10.6. The van der Waals surface area contributed by atoms with Crippen molar-refractivity contribution in [1.82, 2.24) is 14.7 Å². The number of aryl methyl sites for hydroxylation is 1. The Morgan fingerprint density at radius 3 is 2.62 bits per heavy atom. The van der Waals surface area contributed by atoms with E-state index in [0.29, 0.717) is 0 Å². The van der Waals surface area contributed by atoms with Crippen LogP contribution in [0.4, 0.5) is 0 Å². The topological polar surface area (TPSA) is 41.3 Å². The maximum absolute atomic E-state index is 10.6. The SMILES string of the molecule is CCCN1CCC(O)(c2cnn(C)c2)CC1. The van der Waals surface area contributed by atoms with E-state index < -0.39 is 5.60 Å². The fourth-order valence-electron chi connectivity index (χ4n) is 2.41. The third-order valence-corrected chi connectivity index (χ3v) is 3.47. The molecule has 0 radical (unpaired) electrons. The van der Waals surface area contributed by atoms with Crippen LogP contribution in [-0.4, -0.2) is 39.4 Å². The van der Waals surface area contributed by atoms with Crippen LogP contribution < -0.4 is 0 Å². The molecule has 0 aliphatic carbocycles. The Kier molecular flexibility index (Phi) is 3.30. The van der Waals surface area contributed by atoms with Gasteiger partial charge in [-0.1, -0.05) is 6.92 Å². The van der Waals surface area contributed by atoms with Gasteiger partial charge in [-0.05, 0) is 25.8 Å². The van der Waals surface area contributed by atoms with Crippen LogP contribution in [0.3, 0.4) is 0 Å². The van der Waals surface area contributed by atoms with Gasteiger partial charge in [-0.2, -0.15) is 5.10 Å². The van der Waals surface area contributed by atoms with Gasteiger partial charge in [0.1, 0.15) is 0 Å². The highest BCUT2D eigenvalue weighted by Crippen LogP contribution is 2.32. The van der Waals surface area contributed by atoms with E-state index >= 15 is 0 Å². The predicted octanol–water partition coefficient (Wildman–Crippen LogP) is 1.11. The molecule has 1 aliphatic heterocycles. The number of aliphatic hydroxyl groups is 1. The van der Waals surface area contributed by atoms with Crippen LogP contribution in [0, 0.1) is 0 Å². The van der Waals surface area contributed by atoms with Crippen molar-refractivity contribution < 1.29 is 5.11 Å². The largest absolute Gasteiger partial charge is 0.385 e. The van der Waals surface area contributed by atoms with E-state index in [1.807, 2.05) is 13.2 Å². The molecule has 0 saturated carbocycles. The minimum Gasteiger partial charge on any atom is -0.385 e. The number of piperidine rings is 1. The number of nitrogens with zero attached hydrogens (tertiary/aromatic N) is 3. The Morgan fingerprint density at radius 2 is 2.12 bits per heavy atom. The number of hydrogen-bond acceptors (Lipinski definition) is 3. The molecule has 4 nitrogen and oxygen atoms in total. The molecule has 0 aromatic carbocycles. The average molecular weight is 223 g/mol. The van der Waals surface area contributed by atoms with Crippen molar-refractivity contribution in [2.24, 2.45) is 7.05 Å². The molecule has 1 saturated heterocycles. The Labute approximate surface area is 96.9 Å². The normalized spacial score (nSPS) is 21.2. The zero-order valence-electron chi connectivity index (χ0n) is 10.2. The molecule has 0 amide bonds. The van der Waals surface area contributed by atoms with Crippen molar-refractivity contribution in [1.29, 1.82) is 0 Å². The highest BCUT2D eigenvalue weighted by atomic mass is 16.3. The van der Waals surface area contributed by atoms with Gasteiger partial charge in [-0.15, -0.1) is 0 Å². The van der Waals surface area contributed by atoms with Gasteiger partial charge in [0.25, 0.3) is 0 Å². The first-order valence-corrected chi connectivity index (χ1v) is 6.08. The summed E-state index contributed by atoms with van der Waals surface area (Å²) in [7, 11) is 1.89. The fraction of sp³-hybridized carbons (Fsp3) is 0.750. The van der Waals surface area contributed by atoms with Crippen molar-refractivity contribution in [3.05, 3.63) is 18.0 Å². The quantitative estimate of drug-likeness (QED) is 0.834. The van der Waals surface area contributed by atoms with Crippen LogP contribution in [0.25, 0.3) is 0 Å². The summed E-state index contributed by atoms with van der Waals surface area (Å²) in [6, 6.07) is 0. The van der Waals surface area contributed by atoms with Crippen LogP contribution in [0.2, 0.25) is 0 Å². The molecule has 2 rings (SSSR count). The van der Waals surface area contributed by atoms with Crippen molar-refractivity contribution in [2.75, 3.05) is 19.6 Å². The molecule has 90 valence electrons. The van der Waals surface area contributed by atoms with Gasteiger partial charge in [-0.25, -0.2) is 0 Å². The fourth-order valence-corrected chi connectivity index (χ4v) is 2.41. The molecule has 16 heavy (non-hydrogen) atoms. The molecule has 2 heterocycles. The maximum Gasteiger partial charge on any atom is 0.0951 e. The van der Waals surface area contributed by atoms with Gasteiger partial charge < -0.3 is 10.0 Å². The van der Waals surface area contributed by atoms with Crippen molar-refractivity contribution in [3.8, 4) is 0 Å². The van der Waals surface area contributed by atoms with E-state index in [-0.39, 0.29) is 0 Å². The van der Waals surface area contributed by atoms with E-state index in [1.165, 1.54) is 6.42 Å². The van der Waals surface area contributed by atoms with Gasteiger partial charge in [0.15, 0.2) is 0 Å². The second-order valence-corrected chi connectivity index (χ2v) is 4.78. The van der Waals surface area contributed by atoms with Gasteiger partial charge in [0.2, 0.25) is 0 Å².